The number of carbonyl (C=O) groups excluding carboxylic acids is 1. The monoisotopic (exact) mass is 432 g/mol. The van der Waals surface area contributed by atoms with E-state index < -0.39 is 15.9 Å². The largest absolute Gasteiger partial charge is 0.345 e. The predicted molar refractivity (Wildman–Crippen MR) is 116 cm³/mol. The molecule has 0 radical (unpaired) electrons. The Bertz CT molecular complexity index is 1110. The van der Waals surface area contributed by atoms with E-state index in [2.05, 4.69) is 10.3 Å². The number of hydrogen-bond donors (Lipinski definition) is 1. The van der Waals surface area contributed by atoms with Crippen LogP contribution in [0.5, 0.6) is 0 Å². The van der Waals surface area contributed by atoms with Crippen LogP contribution in [0.3, 0.4) is 0 Å². The predicted octanol–water partition coefficient (Wildman–Crippen LogP) is 3.74. The zero-order valence-electron chi connectivity index (χ0n) is 16.8. The van der Waals surface area contributed by atoms with Crippen LogP contribution < -0.4 is 5.32 Å². The van der Waals surface area contributed by atoms with E-state index in [1.54, 1.807) is 20.9 Å². The molecule has 0 aliphatic heterocycles. The first kappa shape index (κ1) is 21.2. The molecule has 0 atom stereocenters. The van der Waals surface area contributed by atoms with Crippen molar-refractivity contribution in [3.8, 4) is 10.4 Å². The first-order chi connectivity index (χ1) is 13.8. The second-order valence-corrected chi connectivity index (χ2v) is 9.45. The van der Waals surface area contributed by atoms with Gasteiger partial charge in [-0.1, -0.05) is 55.5 Å². The zero-order chi connectivity index (χ0) is 21.2. The molecule has 1 amide bonds. The fourth-order valence-electron chi connectivity index (χ4n) is 3.08. The Balaban J connectivity index is 1.85. The Labute approximate surface area is 175 Å². The maximum Gasteiger partial charge on any atom is 0.274 e. The van der Waals surface area contributed by atoms with Crippen molar-refractivity contribution >= 4 is 32.4 Å². The fourth-order valence-corrected chi connectivity index (χ4v) is 5.58. The summed E-state index contributed by atoms with van der Waals surface area (Å²) in [7, 11) is -1.98. The van der Waals surface area contributed by atoms with Gasteiger partial charge in [0.2, 0.25) is 10.0 Å². The molecule has 0 saturated carbocycles. The second-order valence-electron chi connectivity index (χ2n) is 6.51. The standard InChI is InChI=1S/C20H24N4O3S2/c1-5-24(6-2)29(26,27)16-12-17(23(4)13-16)19(25)22-20-21-14(3)18(28-20)15-10-8-7-9-11-15/h7-13H,5-6H2,1-4H3,(H,21,22,25). The summed E-state index contributed by atoms with van der Waals surface area (Å²) in [6.07, 6.45) is 1.46. The van der Waals surface area contributed by atoms with E-state index in [1.807, 2.05) is 37.3 Å². The normalized spacial score (nSPS) is 11.8. The Morgan fingerprint density at radius 3 is 2.48 bits per heavy atom. The fraction of sp³-hybridized carbons (Fsp3) is 0.300. The molecule has 1 aromatic carbocycles. The molecule has 1 N–H and O–H groups in total. The summed E-state index contributed by atoms with van der Waals surface area (Å²) < 4.78 is 28.3. The van der Waals surface area contributed by atoms with E-state index >= 15 is 0 Å². The van der Waals surface area contributed by atoms with Crippen molar-refractivity contribution in [1.82, 2.24) is 13.9 Å². The van der Waals surface area contributed by atoms with E-state index in [1.165, 1.54) is 32.5 Å². The van der Waals surface area contributed by atoms with Crippen LogP contribution in [-0.2, 0) is 17.1 Å². The van der Waals surface area contributed by atoms with Crippen molar-refractivity contribution in [3.63, 3.8) is 0 Å². The molecule has 7 nitrogen and oxygen atoms in total. The van der Waals surface area contributed by atoms with Crippen molar-refractivity contribution in [1.29, 1.82) is 0 Å². The minimum atomic E-state index is -3.63. The highest BCUT2D eigenvalue weighted by Crippen LogP contribution is 2.32. The lowest BCUT2D eigenvalue weighted by Gasteiger charge is -2.17. The molecule has 0 spiro atoms. The van der Waals surface area contributed by atoms with Crippen LogP contribution in [0, 0.1) is 6.92 Å². The van der Waals surface area contributed by atoms with Gasteiger partial charge in [0.1, 0.15) is 10.6 Å². The summed E-state index contributed by atoms with van der Waals surface area (Å²) >= 11 is 1.39. The lowest BCUT2D eigenvalue weighted by molar-refractivity contribution is 0.101. The van der Waals surface area contributed by atoms with Crippen molar-refractivity contribution in [2.75, 3.05) is 18.4 Å². The van der Waals surface area contributed by atoms with E-state index in [0.717, 1.165) is 16.1 Å². The van der Waals surface area contributed by atoms with Gasteiger partial charge in [-0.3, -0.25) is 10.1 Å². The van der Waals surface area contributed by atoms with Crippen molar-refractivity contribution in [3.05, 3.63) is 54.0 Å². The number of sulfonamides is 1. The average molecular weight is 433 g/mol. The Kier molecular flexibility index (Phi) is 6.21. The molecule has 0 fully saturated rings. The van der Waals surface area contributed by atoms with Gasteiger partial charge in [-0.15, -0.1) is 0 Å². The summed E-state index contributed by atoms with van der Waals surface area (Å²) in [5.41, 5.74) is 2.12. The van der Waals surface area contributed by atoms with E-state index in [9.17, 15) is 13.2 Å². The minimum Gasteiger partial charge on any atom is -0.345 e. The number of hydrogen-bond acceptors (Lipinski definition) is 5. The highest BCUT2D eigenvalue weighted by atomic mass is 32.2. The van der Waals surface area contributed by atoms with Gasteiger partial charge in [0.05, 0.1) is 10.6 Å². The molecule has 3 aromatic rings. The van der Waals surface area contributed by atoms with Crippen molar-refractivity contribution in [2.24, 2.45) is 7.05 Å². The first-order valence-electron chi connectivity index (χ1n) is 9.28. The maximum absolute atomic E-state index is 12.8. The smallest absolute Gasteiger partial charge is 0.274 e. The maximum atomic E-state index is 12.8. The number of thiazole rings is 1. The van der Waals surface area contributed by atoms with E-state index in [4.69, 9.17) is 0 Å². The molecule has 3 rings (SSSR count). The van der Waals surface area contributed by atoms with Gasteiger partial charge in [-0.05, 0) is 18.6 Å². The lowest BCUT2D eigenvalue weighted by Crippen LogP contribution is -2.30. The third-order valence-corrected chi connectivity index (χ3v) is 7.75. The summed E-state index contributed by atoms with van der Waals surface area (Å²) in [4.78, 5) is 18.3. The molecule has 9 heteroatoms. The molecule has 2 heterocycles. The van der Waals surface area contributed by atoms with Gasteiger partial charge in [0, 0.05) is 26.3 Å². The van der Waals surface area contributed by atoms with Crippen LogP contribution in [0.4, 0.5) is 5.13 Å². The Hall–Kier alpha value is -2.49. The van der Waals surface area contributed by atoms with Gasteiger partial charge in [-0.2, -0.15) is 4.31 Å². The summed E-state index contributed by atoms with van der Waals surface area (Å²) in [6.45, 7) is 6.21. The molecule has 0 aliphatic rings. The number of anilines is 1. The molecular formula is C20H24N4O3S2. The molecule has 0 bridgehead atoms. The molecule has 0 aliphatic carbocycles. The molecule has 29 heavy (non-hydrogen) atoms. The number of nitrogens with zero attached hydrogens (tertiary/aromatic N) is 3. The van der Waals surface area contributed by atoms with Crippen LogP contribution in [0.25, 0.3) is 10.4 Å². The summed E-state index contributed by atoms with van der Waals surface area (Å²) in [5.74, 6) is -0.401. The molecule has 0 saturated heterocycles. The number of benzene rings is 1. The van der Waals surface area contributed by atoms with Gasteiger partial charge in [-0.25, -0.2) is 13.4 Å². The van der Waals surface area contributed by atoms with Gasteiger partial charge >= 0.3 is 0 Å². The number of aromatic nitrogens is 2. The highest BCUT2D eigenvalue weighted by molar-refractivity contribution is 7.89. The Morgan fingerprint density at radius 1 is 1.21 bits per heavy atom. The lowest BCUT2D eigenvalue weighted by atomic mass is 10.2. The molecular weight excluding hydrogens is 408 g/mol. The van der Waals surface area contributed by atoms with Gasteiger partial charge in [0.15, 0.2) is 5.13 Å². The number of nitrogens with one attached hydrogen (secondary N) is 1. The SMILES string of the molecule is CCN(CC)S(=O)(=O)c1cc(C(=O)Nc2nc(C)c(-c3ccccc3)s2)n(C)c1. The van der Waals surface area contributed by atoms with Crippen molar-refractivity contribution < 1.29 is 13.2 Å². The van der Waals surface area contributed by atoms with Gasteiger partial charge < -0.3 is 4.57 Å². The molecule has 154 valence electrons. The number of carbonyl (C=O) groups is 1. The second kappa shape index (κ2) is 8.48. The highest BCUT2D eigenvalue weighted by Gasteiger charge is 2.25. The molecule has 2 aromatic heterocycles. The van der Waals surface area contributed by atoms with Crippen LogP contribution in [0.2, 0.25) is 0 Å². The zero-order valence-corrected chi connectivity index (χ0v) is 18.5. The third kappa shape index (κ3) is 4.26. The number of amides is 1. The topological polar surface area (TPSA) is 84.3 Å². The Morgan fingerprint density at radius 2 is 1.86 bits per heavy atom. The van der Waals surface area contributed by atoms with E-state index in [-0.39, 0.29) is 10.6 Å². The van der Waals surface area contributed by atoms with Crippen LogP contribution in [-0.4, -0.2) is 41.3 Å². The number of aryl methyl sites for hydroxylation is 2. The van der Waals surface area contributed by atoms with Crippen LogP contribution in [0.15, 0.2) is 47.5 Å². The first-order valence-corrected chi connectivity index (χ1v) is 11.5. The third-order valence-electron chi connectivity index (χ3n) is 4.61. The average Bonchev–Trinajstić information content (AvgIpc) is 3.26. The minimum absolute atomic E-state index is 0.106. The van der Waals surface area contributed by atoms with Gasteiger partial charge in [0.25, 0.3) is 5.91 Å². The van der Waals surface area contributed by atoms with Crippen LogP contribution in [0.1, 0.15) is 30.0 Å². The molecule has 0 unspecified atom stereocenters. The summed E-state index contributed by atoms with van der Waals surface area (Å²) in [6, 6.07) is 11.2. The summed E-state index contributed by atoms with van der Waals surface area (Å²) in [5, 5.41) is 3.26. The quantitative estimate of drug-likeness (QED) is 0.616. The number of rotatable bonds is 7. The van der Waals surface area contributed by atoms with E-state index in [0.29, 0.717) is 18.2 Å². The van der Waals surface area contributed by atoms with Crippen LogP contribution >= 0.6 is 11.3 Å². The van der Waals surface area contributed by atoms with Crippen molar-refractivity contribution in [2.45, 2.75) is 25.7 Å².